The standard InChI is InChI=1S/C29H33FN6O4S.C28H31FN6O5S.C25H25FN6O5S.C3H9N.CH4O.3CH4/c1-17(2)14-23(37)29(5,6)35-25(38)24-19(4)26(36-32-11-12-33-36)41-27(24)34(28(35)39)16-22(40-13-7-10-31)21-15-20(30)9-8-18(21)3;1-16(2)13-22(37)28(4,5)34-24(38)23-17(3)25(35-31-10-11-32-35)41-26(23)33(27(34)39)15-21(40-12-6-9-30)19-14-18(29)7-8-20(19)36;1-14-6-7-16(26)12-17(14)18(37-11-5-8-27)13-30-22-19(15(2)21(38-22)32-28-9-10-29-32)20(33)31(24(30)36)25(3,4)23(34)35;1-3(2)4;1-2;;;/h8-9,11-12,15,17,22H,7,13-14,16H2,1-6H3;7-8,10-11,14,16,21,36H,6,12-13,15H2,1-5H3;6-7,9-10,12,18H,5,11,13H2,1-4H3,(H,34,35);3H,4H2,1-2H3;2H,1H3;3*1H4/t22-;21-;18-;;;;;/m000...../s1. The molecule has 0 radical (unpaired) electrons. The van der Waals surface area contributed by atoms with Gasteiger partial charge in [0.15, 0.2) is 11.6 Å². The van der Waals surface area contributed by atoms with Gasteiger partial charge in [0.1, 0.15) is 87.6 Å². The van der Waals surface area contributed by atoms with E-state index in [0.29, 0.717) is 63.8 Å². The van der Waals surface area contributed by atoms with Crippen molar-refractivity contribution in [3.63, 3.8) is 0 Å². The third-order valence-corrected chi connectivity index (χ3v) is 24.1. The maximum absolute atomic E-state index is 14.4. The summed E-state index contributed by atoms with van der Waals surface area (Å²) in [6.45, 7) is 28.4. The molecule has 0 amide bonds. The number of aryl methyl sites for hydroxylation is 5. The van der Waals surface area contributed by atoms with Gasteiger partial charge in [-0.3, -0.25) is 37.7 Å². The third kappa shape index (κ3) is 23.8. The van der Waals surface area contributed by atoms with Crippen molar-refractivity contribution in [2.45, 2.75) is 233 Å². The molecule has 5 N–H and O–H groups in total. The predicted octanol–water partition coefficient (Wildman–Crippen LogP) is 13.5. The van der Waals surface area contributed by atoms with Crippen LogP contribution in [0.1, 0.15) is 200 Å². The van der Waals surface area contributed by atoms with Gasteiger partial charge in [0.25, 0.3) is 16.7 Å². The van der Waals surface area contributed by atoms with Crippen LogP contribution in [0.2, 0.25) is 0 Å². The van der Waals surface area contributed by atoms with Crippen LogP contribution >= 0.6 is 34.0 Å². The molecule has 12 aromatic rings. The van der Waals surface area contributed by atoms with Crippen LogP contribution in [-0.2, 0) is 64.8 Å². The zero-order valence-corrected chi connectivity index (χ0v) is 75.6. The molecule has 0 saturated carbocycles. The van der Waals surface area contributed by atoms with Crippen LogP contribution in [0.5, 0.6) is 5.75 Å². The number of rotatable bonds is 31. The largest absolute Gasteiger partial charge is 0.508 e. The van der Waals surface area contributed by atoms with Crippen molar-refractivity contribution in [3.8, 4) is 39.0 Å². The number of phenols is 1. The molecular weight excluding hydrogens is 1730 g/mol. The number of carboxylic acids is 1. The summed E-state index contributed by atoms with van der Waals surface area (Å²) < 4.78 is 67.4. The minimum atomic E-state index is -1.88. The van der Waals surface area contributed by atoms with Crippen LogP contribution in [-0.4, -0.2) is 138 Å². The fourth-order valence-electron chi connectivity index (χ4n) is 13.7. The lowest BCUT2D eigenvalue weighted by molar-refractivity contribution is -0.146. The number of ether oxygens (including phenoxy) is 3. The summed E-state index contributed by atoms with van der Waals surface area (Å²) in [6.07, 6.45) is 6.64. The Hall–Kier alpha value is -12.3. The highest BCUT2D eigenvalue weighted by atomic mass is 32.1. The van der Waals surface area contributed by atoms with Crippen molar-refractivity contribution in [2.24, 2.45) is 17.6 Å². The van der Waals surface area contributed by atoms with E-state index in [1.165, 1.54) is 135 Å². The molecule has 0 saturated heterocycles. The van der Waals surface area contributed by atoms with Crippen LogP contribution in [0.3, 0.4) is 0 Å². The van der Waals surface area contributed by atoms with Gasteiger partial charge in [-0.1, -0.05) is 110 Å². The molecule has 0 unspecified atom stereocenters. The second-order valence-electron chi connectivity index (χ2n) is 32.0. The number of carbonyl (C=O) groups is 3. The van der Waals surface area contributed by atoms with Crippen molar-refractivity contribution in [3.05, 3.63) is 216 Å². The van der Waals surface area contributed by atoms with E-state index < -0.39 is 92.1 Å². The average Bonchev–Trinajstić information content (AvgIpc) is 1.62. The first kappa shape index (κ1) is 107. The Morgan fingerprint density at radius 3 is 0.977 bits per heavy atom. The summed E-state index contributed by atoms with van der Waals surface area (Å²) in [5, 5.41) is 81.7. The molecule has 9 heterocycles. The van der Waals surface area contributed by atoms with Crippen molar-refractivity contribution in [1.82, 2.24) is 72.4 Å². The number of halogens is 3. The fraction of sp³-hybridized carbons (Fsp3) is 0.461. The molecule has 0 spiro atoms. The number of benzene rings is 3. The number of aliphatic hydroxyl groups is 1. The number of nitriles is 3. The van der Waals surface area contributed by atoms with Crippen molar-refractivity contribution in [1.29, 1.82) is 15.8 Å². The topological polar surface area (TPSA) is 461 Å². The molecule has 0 fully saturated rings. The molecule has 9 aromatic heterocycles. The number of carboxylic acid groups (broad SMARTS) is 1. The van der Waals surface area contributed by atoms with Gasteiger partial charge >= 0.3 is 23.0 Å². The Morgan fingerprint density at radius 1 is 0.457 bits per heavy atom. The number of aromatic hydroxyl groups is 1. The van der Waals surface area contributed by atoms with E-state index >= 15 is 0 Å². The van der Waals surface area contributed by atoms with Crippen LogP contribution < -0.4 is 39.5 Å². The number of ketones is 2. The van der Waals surface area contributed by atoms with Crippen molar-refractivity contribution in [2.75, 3.05) is 26.9 Å². The number of nitrogens with zero attached hydrogens (tertiary/aromatic N) is 18. The maximum Gasteiger partial charge on any atom is 0.333 e. The van der Waals surface area contributed by atoms with Crippen LogP contribution in [0.4, 0.5) is 13.2 Å². The summed E-state index contributed by atoms with van der Waals surface area (Å²) in [7, 11) is 1.00. The number of aromatic nitrogens is 15. The van der Waals surface area contributed by atoms with E-state index in [4.69, 9.17) is 40.8 Å². The van der Waals surface area contributed by atoms with Gasteiger partial charge in [-0.2, -0.15) is 46.4 Å². The first-order valence-electron chi connectivity index (χ1n) is 39.9. The summed E-state index contributed by atoms with van der Waals surface area (Å²) in [4.78, 5) is 128. The molecule has 129 heavy (non-hydrogen) atoms. The number of hydrogen-bond donors (Lipinski definition) is 4. The predicted molar refractivity (Wildman–Crippen MR) is 489 cm³/mol. The number of Topliss-reactive ketones (excluding diaryl/α,β-unsaturated/α-hetero) is 2. The normalized spacial score (nSPS) is 12.1. The van der Waals surface area contributed by atoms with Gasteiger partial charge < -0.3 is 35.3 Å². The summed E-state index contributed by atoms with van der Waals surface area (Å²) >= 11 is 3.37. The SMILES string of the molecule is C.C.C.CC(C)N.CO.Cc1c(-n2nccn2)sc2c1c(=O)n(C(C)(C)C(=O)CC(C)C)c(=O)n2C[C@H](OCCC#N)c1cc(F)ccc1O.Cc1ccc(F)cc1[C@H](Cn1c(=O)n(C(C)(C)C(=O)CC(C)C)c(=O)c2c(C)c(-n3nccn3)sc21)OCCC#N.Cc1ccc(F)cc1[C@H](Cn1c(=O)n(C(C)(C)C(=O)O)c(=O)c2c(C)c(-n3nccn3)sc21)OCCC#N. The summed E-state index contributed by atoms with van der Waals surface area (Å²) in [5.41, 5.74) is 0.0104. The summed E-state index contributed by atoms with van der Waals surface area (Å²) in [5.74, 6) is -3.75. The monoisotopic (exact) mass is 1840 g/mol. The van der Waals surface area contributed by atoms with Crippen molar-refractivity contribution < 1.29 is 57.1 Å². The van der Waals surface area contributed by atoms with Gasteiger partial charge in [0.05, 0.1) is 130 Å². The van der Waals surface area contributed by atoms with Gasteiger partial charge in [0.2, 0.25) is 0 Å². The lowest BCUT2D eigenvalue weighted by atomic mass is 9.91. The highest BCUT2D eigenvalue weighted by Crippen LogP contribution is 2.38. The van der Waals surface area contributed by atoms with E-state index in [9.17, 15) is 66.5 Å². The molecule has 3 atom stereocenters. The van der Waals surface area contributed by atoms with E-state index in [-0.39, 0.29) is 154 Å². The zero-order valence-electron chi connectivity index (χ0n) is 73.1. The van der Waals surface area contributed by atoms with Crippen molar-refractivity contribution >= 4 is 82.2 Å². The first-order valence-corrected chi connectivity index (χ1v) is 42.4. The number of thiophene rings is 3. The number of fused-ring (bicyclic) bond motifs is 3. The molecular formula is C89H114F3N19O15S3. The average molecular weight is 1840 g/mol. The smallest absolute Gasteiger partial charge is 0.333 e. The summed E-state index contributed by atoms with van der Waals surface area (Å²) in [6, 6.07) is 18.2. The molecule has 0 aliphatic rings. The van der Waals surface area contributed by atoms with Crippen LogP contribution in [0, 0.1) is 97.9 Å². The fourth-order valence-corrected chi connectivity index (χ4v) is 17.4. The van der Waals surface area contributed by atoms with E-state index in [1.807, 2.05) is 59.8 Å². The quantitative estimate of drug-likeness (QED) is 0.0293. The lowest BCUT2D eigenvalue weighted by Crippen LogP contribution is -2.53. The van der Waals surface area contributed by atoms with Gasteiger partial charge in [0, 0.05) is 42.2 Å². The highest BCUT2D eigenvalue weighted by molar-refractivity contribution is 7.22. The number of phenolic OH excluding ortho intramolecular Hbond substituents is 1. The second kappa shape index (κ2) is 46.1. The molecule has 694 valence electrons. The van der Waals surface area contributed by atoms with E-state index in [0.717, 1.165) is 56.6 Å². The molecule has 12 rings (SSSR count). The Balaban J connectivity index is 0.000000329. The van der Waals surface area contributed by atoms with Gasteiger partial charge in [-0.15, -0.1) is 14.4 Å². The number of carbonyl (C=O) groups excluding carboxylic acids is 2. The molecule has 34 nitrogen and oxygen atoms in total. The molecule has 40 heteroatoms. The molecule has 0 aliphatic heterocycles. The number of aliphatic hydroxyl groups excluding tert-OH is 1. The molecule has 0 aliphatic carbocycles. The zero-order chi connectivity index (χ0) is 93.5. The minimum absolute atomic E-state index is 0. The van der Waals surface area contributed by atoms with Crippen LogP contribution in [0.15, 0.2) is 121 Å². The van der Waals surface area contributed by atoms with E-state index in [2.05, 4.69) is 30.6 Å². The lowest BCUT2D eigenvalue weighted by Gasteiger charge is -2.28. The Bertz CT molecular complexity index is 6190. The number of aliphatic carboxylic acids is 1. The number of nitrogens with two attached hydrogens (primary N) is 1. The second-order valence-corrected chi connectivity index (χ2v) is 34.9. The molecule has 0 bridgehead atoms. The van der Waals surface area contributed by atoms with Gasteiger partial charge in [-0.05, 0) is 159 Å². The number of hydrogen-bond acceptors (Lipinski definition) is 27. The van der Waals surface area contributed by atoms with Gasteiger partial charge in [-0.25, -0.2) is 46.1 Å². The first-order chi connectivity index (χ1) is 59.5. The Labute approximate surface area is 755 Å². The van der Waals surface area contributed by atoms with Crippen LogP contribution in [0.25, 0.3) is 45.7 Å². The maximum atomic E-state index is 14.4. The highest BCUT2D eigenvalue weighted by Gasteiger charge is 2.40. The molecule has 3 aromatic carbocycles. The minimum Gasteiger partial charge on any atom is -0.508 e. The Kier molecular flexibility index (Phi) is 38.3. The van der Waals surface area contributed by atoms with E-state index in [1.54, 1.807) is 60.6 Å². The third-order valence-electron chi connectivity index (χ3n) is 20.3. The Morgan fingerprint density at radius 2 is 0.713 bits per heavy atom.